The van der Waals surface area contributed by atoms with Gasteiger partial charge in [0, 0.05) is 16.8 Å². The van der Waals surface area contributed by atoms with Gasteiger partial charge < -0.3 is 15.2 Å². The molecular weight excluding hydrogens is 486 g/mol. The van der Waals surface area contributed by atoms with Crippen molar-refractivity contribution in [2.75, 3.05) is 13.8 Å². The van der Waals surface area contributed by atoms with Gasteiger partial charge in [-0.25, -0.2) is 13.2 Å². The topological polar surface area (TPSA) is 151 Å². The molecule has 1 aliphatic carbocycles. The number of amides is 1. The molecule has 0 saturated heterocycles. The lowest BCUT2D eigenvalue weighted by molar-refractivity contribution is -0.553. The Hall–Kier alpha value is -3.96. The maximum Gasteiger partial charge on any atom is 0.410 e. The number of carbonyl (C=O) groups is 1. The van der Waals surface area contributed by atoms with Crippen molar-refractivity contribution in [1.29, 1.82) is 0 Å². The number of benzene rings is 2. The van der Waals surface area contributed by atoms with Gasteiger partial charge in [-0.15, -0.1) is 0 Å². The fraction of sp³-hybridized carbons (Fsp3) is 0.240. The normalized spacial score (nSPS) is 18.4. The van der Waals surface area contributed by atoms with Crippen LogP contribution in [-0.2, 0) is 9.84 Å². The highest BCUT2D eigenvalue weighted by Crippen LogP contribution is 2.35. The van der Waals surface area contributed by atoms with E-state index in [2.05, 4.69) is 5.32 Å². The molecule has 2 atom stereocenters. The zero-order valence-corrected chi connectivity index (χ0v) is 20.6. The summed E-state index contributed by atoms with van der Waals surface area (Å²) in [5.74, 6) is 0.220. The molecule has 0 spiro atoms. The summed E-state index contributed by atoms with van der Waals surface area (Å²) in [4.78, 5) is 22.7. The average Bonchev–Trinajstić information content (AvgIpc) is 2.87. The zero-order chi connectivity index (χ0) is 26.3. The smallest absolute Gasteiger partial charge is 0.410 e. The van der Waals surface area contributed by atoms with Crippen molar-refractivity contribution in [3.05, 3.63) is 93.4 Å². The standard InChI is InChI=1S/C25H27N3O7S/c1-18(25(28(30)31)13-10-21(11-14-25)20-6-4-3-5-7-20)36(32,33)15-12-19-8-9-22(35-24(26)29)23(16-19)34-17-27-2/h3-13,15-16,18,27H,14,17H2,1-2H3,(H2,26,29)/b15-12+. The van der Waals surface area contributed by atoms with E-state index < -0.39 is 31.6 Å². The summed E-state index contributed by atoms with van der Waals surface area (Å²) in [7, 11) is -2.42. The number of nitrogens with zero attached hydrogens (tertiary/aromatic N) is 1. The van der Waals surface area contributed by atoms with Gasteiger partial charge in [-0.2, -0.15) is 0 Å². The molecule has 36 heavy (non-hydrogen) atoms. The van der Waals surface area contributed by atoms with Crippen molar-refractivity contribution in [3.8, 4) is 11.5 Å². The number of ether oxygens (including phenoxy) is 2. The van der Waals surface area contributed by atoms with Gasteiger partial charge in [-0.05, 0) is 55.0 Å². The molecule has 0 bridgehead atoms. The van der Waals surface area contributed by atoms with Crippen LogP contribution in [0.5, 0.6) is 11.5 Å². The average molecular weight is 514 g/mol. The minimum absolute atomic E-state index is 0.0618. The molecule has 2 unspecified atom stereocenters. The van der Waals surface area contributed by atoms with Crippen molar-refractivity contribution in [3.63, 3.8) is 0 Å². The molecule has 1 amide bonds. The maximum absolute atomic E-state index is 13.2. The number of nitrogens with two attached hydrogens (primary N) is 1. The van der Waals surface area contributed by atoms with Crippen molar-refractivity contribution < 1.29 is 27.6 Å². The van der Waals surface area contributed by atoms with Crippen molar-refractivity contribution in [2.24, 2.45) is 5.73 Å². The highest BCUT2D eigenvalue weighted by Gasteiger charge is 2.51. The fourth-order valence-electron chi connectivity index (χ4n) is 3.73. The van der Waals surface area contributed by atoms with E-state index in [-0.39, 0.29) is 24.7 Å². The molecule has 0 aliphatic heterocycles. The molecule has 0 fully saturated rings. The highest BCUT2D eigenvalue weighted by molar-refractivity contribution is 7.95. The number of nitrogens with one attached hydrogen (secondary N) is 1. The first-order valence-corrected chi connectivity index (χ1v) is 12.6. The number of hydrogen-bond acceptors (Lipinski definition) is 8. The van der Waals surface area contributed by atoms with Gasteiger partial charge in [0.25, 0.3) is 5.54 Å². The van der Waals surface area contributed by atoms with E-state index in [9.17, 15) is 23.3 Å². The third kappa shape index (κ3) is 5.99. The number of rotatable bonds is 10. The quantitative estimate of drug-likeness (QED) is 0.278. The van der Waals surface area contributed by atoms with Gasteiger partial charge in [0.2, 0.25) is 0 Å². The van der Waals surface area contributed by atoms with Crippen LogP contribution < -0.4 is 20.5 Å². The first-order chi connectivity index (χ1) is 17.1. The first kappa shape index (κ1) is 26.6. The van der Waals surface area contributed by atoms with Crippen LogP contribution in [0.3, 0.4) is 0 Å². The van der Waals surface area contributed by atoms with Crippen molar-refractivity contribution in [1.82, 2.24) is 5.32 Å². The van der Waals surface area contributed by atoms with Crippen LogP contribution in [0, 0.1) is 10.1 Å². The fourth-order valence-corrected chi connectivity index (χ4v) is 5.15. The zero-order valence-electron chi connectivity index (χ0n) is 19.8. The minimum atomic E-state index is -4.06. The molecule has 3 N–H and O–H groups in total. The van der Waals surface area contributed by atoms with Gasteiger partial charge in [0.1, 0.15) is 12.0 Å². The number of hydrogen-bond donors (Lipinski definition) is 2. The molecule has 0 saturated carbocycles. The minimum Gasteiger partial charge on any atom is -0.474 e. The van der Waals surface area contributed by atoms with Crippen LogP contribution in [-0.4, -0.2) is 44.0 Å². The summed E-state index contributed by atoms with van der Waals surface area (Å²) in [5.41, 5.74) is 5.34. The first-order valence-electron chi connectivity index (χ1n) is 11.0. The Morgan fingerprint density at radius 3 is 2.56 bits per heavy atom. The molecule has 0 heterocycles. The van der Waals surface area contributed by atoms with Gasteiger partial charge >= 0.3 is 6.09 Å². The van der Waals surface area contributed by atoms with Crippen LogP contribution in [0.1, 0.15) is 24.5 Å². The van der Waals surface area contributed by atoms with Crippen LogP contribution in [0.15, 0.2) is 72.2 Å². The molecule has 0 aromatic heterocycles. The van der Waals surface area contributed by atoms with Crippen LogP contribution in [0.4, 0.5) is 4.79 Å². The molecule has 190 valence electrons. The van der Waals surface area contributed by atoms with Crippen LogP contribution in [0.25, 0.3) is 11.6 Å². The van der Waals surface area contributed by atoms with Crippen molar-refractivity contribution in [2.45, 2.75) is 24.1 Å². The lowest BCUT2D eigenvalue weighted by atomic mass is 9.85. The SMILES string of the molecule is CNCOc1cc(/C=C/S(=O)(=O)C(C)C2([N+](=O)[O-])C=CC(c3ccccc3)=CC2)ccc1OC(N)=O. The van der Waals surface area contributed by atoms with Crippen LogP contribution >= 0.6 is 0 Å². The number of carbonyl (C=O) groups excluding carboxylic acids is 1. The van der Waals surface area contributed by atoms with E-state index in [1.807, 2.05) is 30.3 Å². The maximum atomic E-state index is 13.2. The van der Waals surface area contributed by atoms with Gasteiger partial charge in [0.15, 0.2) is 21.3 Å². The van der Waals surface area contributed by atoms with Gasteiger partial charge in [-0.1, -0.05) is 48.6 Å². The van der Waals surface area contributed by atoms with E-state index in [4.69, 9.17) is 15.2 Å². The van der Waals surface area contributed by atoms with Crippen LogP contribution in [0.2, 0.25) is 0 Å². The Morgan fingerprint density at radius 2 is 1.97 bits per heavy atom. The lowest BCUT2D eigenvalue weighted by Crippen LogP contribution is -2.49. The second kappa shape index (κ2) is 11.2. The Morgan fingerprint density at radius 1 is 1.25 bits per heavy atom. The number of primary amides is 1. The molecule has 11 heteroatoms. The Bertz CT molecular complexity index is 1320. The van der Waals surface area contributed by atoms with E-state index in [1.165, 1.54) is 37.3 Å². The summed E-state index contributed by atoms with van der Waals surface area (Å²) in [6, 6.07) is 13.7. The third-order valence-corrected chi connectivity index (χ3v) is 7.75. The van der Waals surface area contributed by atoms with Gasteiger partial charge in [0.05, 0.1) is 0 Å². The summed E-state index contributed by atoms with van der Waals surface area (Å²) in [6.07, 6.45) is 4.86. The Labute approximate surface area is 209 Å². The largest absolute Gasteiger partial charge is 0.474 e. The predicted octanol–water partition coefficient (Wildman–Crippen LogP) is 3.53. The second-order valence-corrected chi connectivity index (χ2v) is 10.3. The summed E-state index contributed by atoms with van der Waals surface area (Å²) in [6.45, 7) is 1.42. The predicted molar refractivity (Wildman–Crippen MR) is 137 cm³/mol. The lowest BCUT2D eigenvalue weighted by Gasteiger charge is -2.28. The molecule has 2 aromatic rings. The van der Waals surface area contributed by atoms with E-state index in [0.29, 0.717) is 5.56 Å². The second-order valence-electron chi connectivity index (χ2n) is 8.11. The monoisotopic (exact) mass is 513 g/mol. The summed E-state index contributed by atoms with van der Waals surface area (Å²) < 4.78 is 36.7. The van der Waals surface area contributed by atoms with E-state index in [1.54, 1.807) is 19.2 Å². The van der Waals surface area contributed by atoms with Crippen molar-refractivity contribution >= 4 is 27.6 Å². The summed E-state index contributed by atoms with van der Waals surface area (Å²) in [5, 5.41) is 14.5. The Kier molecular flexibility index (Phi) is 8.28. The summed E-state index contributed by atoms with van der Waals surface area (Å²) >= 11 is 0. The Balaban J connectivity index is 1.86. The molecule has 0 radical (unpaired) electrons. The number of nitro groups is 1. The molecule has 2 aromatic carbocycles. The third-order valence-electron chi connectivity index (χ3n) is 5.84. The van der Waals surface area contributed by atoms with E-state index >= 15 is 0 Å². The van der Waals surface area contributed by atoms with E-state index in [0.717, 1.165) is 16.5 Å². The molecule has 1 aliphatic rings. The molecule has 10 nitrogen and oxygen atoms in total. The number of allylic oxidation sites excluding steroid dienone is 2. The molecule has 3 rings (SSSR count). The number of sulfone groups is 1. The van der Waals surface area contributed by atoms with Gasteiger partial charge in [-0.3, -0.25) is 15.4 Å². The highest BCUT2D eigenvalue weighted by atomic mass is 32.2. The molecular formula is C25H27N3O7S.